The Hall–Kier alpha value is -0.990. The highest BCUT2D eigenvalue weighted by molar-refractivity contribution is 5.88. The Morgan fingerprint density at radius 3 is 2.88 bits per heavy atom. The summed E-state index contributed by atoms with van der Waals surface area (Å²) >= 11 is 0. The summed E-state index contributed by atoms with van der Waals surface area (Å²) in [5.41, 5.74) is 6.00. The second-order valence-electron chi connectivity index (χ2n) is 1.76. The van der Waals surface area contributed by atoms with Crippen molar-refractivity contribution in [3.05, 3.63) is 11.8 Å². The molecule has 0 saturated heterocycles. The van der Waals surface area contributed by atoms with E-state index in [4.69, 9.17) is 5.73 Å². The highest BCUT2D eigenvalue weighted by Gasteiger charge is 2.03. The summed E-state index contributed by atoms with van der Waals surface area (Å²) in [7, 11) is 0. The van der Waals surface area contributed by atoms with E-state index in [0.717, 1.165) is 6.42 Å². The van der Waals surface area contributed by atoms with Crippen LogP contribution in [0.15, 0.2) is 11.8 Å². The SMILES string of the molecule is NC1=CC(=O)NCC1. The highest BCUT2D eigenvalue weighted by atomic mass is 16.1. The summed E-state index contributed by atoms with van der Waals surface area (Å²) in [6, 6.07) is 0. The summed E-state index contributed by atoms with van der Waals surface area (Å²) < 4.78 is 0. The number of carbonyl (C=O) groups excluding carboxylic acids is 1. The first-order valence-electron chi connectivity index (χ1n) is 2.53. The fraction of sp³-hybridized carbons (Fsp3) is 0.400. The molecule has 0 bridgehead atoms. The van der Waals surface area contributed by atoms with Gasteiger partial charge in [0.1, 0.15) is 0 Å². The lowest BCUT2D eigenvalue weighted by Gasteiger charge is -2.07. The molecule has 0 atom stereocenters. The van der Waals surface area contributed by atoms with Gasteiger partial charge in [0.25, 0.3) is 0 Å². The van der Waals surface area contributed by atoms with E-state index in [2.05, 4.69) is 5.32 Å². The summed E-state index contributed by atoms with van der Waals surface area (Å²) in [6.45, 7) is 0.682. The van der Waals surface area contributed by atoms with Crippen molar-refractivity contribution in [2.75, 3.05) is 6.54 Å². The van der Waals surface area contributed by atoms with Crippen molar-refractivity contribution in [1.29, 1.82) is 0 Å². The van der Waals surface area contributed by atoms with Crippen LogP contribution in [0.1, 0.15) is 6.42 Å². The van der Waals surface area contributed by atoms with Crippen LogP contribution in [0.2, 0.25) is 0 Å². The summed E-state index contributed by atoms with van der Waals surface area (Å²) in [6.07, 6.45) is 2.20. The minimum Gasteiger partial charge on any atom is -0.402 e. The van der Waals surface area contributed by atoms with Crippen LogP contribution in [0.3, 0.4) is 0 Å². The Labute approximate surface area is 47.6 Å². The fourth-order valence-electron chi connectivity index (χ4n) is 0.622. The molecule has 0 aromatic heterocycles. The lowest BCUT2D eigenvalue weighted by atomic mass is 10.2. The van der Waals surface area contributed by atoms with Crippen LogP contribution in [-0.2, 0) is 4.79 Å². The van der Waals surface area contributed by atoms with Crippen LogP contribution in [0.5, 0.6) is 0 Å². The van der Waals surface area contributed by atoms with Gasteiger partial charge in [-0.1, -0.05) is 0 Å². The molecule has 8 heavy (non-hydrogen) atoms. The van der Waals surface area contributed by atoms with Crippen LogP contribution >= 0.6 is 0 Å². The maximum Gasteiger partial charge on any atom is 0.245 e. The molecule has 0 aromatic carbocycles. The van der Waals surface area contributed by atoms with Crippen LogP contribution in [-0.4, -0.2) is 12.5 Å². The average Bonchev–Trinajstić information content (AvgIpc) is 1.64. The zero-order valence-electron chi connectivity index (χ0n) is 4.48. The zero-order valence-corrected chi connectivity index (χ0v) is 4.48. The zero-order chi connectivity index (χ0) is 5.98. The van der Waals surface area contributed by atoms with Crippen molar-refractivity contribution in [1.82, 2.24) is 5.32 Å². The van der Waals surface area contributed by atoms with Gasteiger partial charge in [-0.2, -0.15) is 0 Å². The van der Waals surface area contributed by atoms with Gasteiger partial charge in [-0.3, -0.25) is 4.79 Å². The number of nitrogens with one attached hydrogen (secondary N) is 1. The average molecular weight is 112 g/mol. The Kier molecular flexibility index (Phi) is 1.20. The van der Waals surface area contributed by atoms with Gasteiger partial charge in [-0.05, 0) is 0 Å². The molecular formula is C5H8N2O. The van der Waals surface area contributed by atoms with Gasteiger partial charge in [0.2, 0.25) is 5.91 Å². The van der Waals surface area contributed by atoms with Crippen molar-refractivity contribution in [3.63, 3.8) is 0 Å². The van der Waals surface area contributed by atoms with Crippen LogP contribution in [0.4, 0.5) is 0 Å². The molecule has 3 heteroatoms. The molecule has 3 N–H and O–H groups in total. The number of nitrogens with two attached hydrogens (primary N) is 1. The molecule has 3 nitrogen and oxygen atoms in total. The second kappa shape index (κ2) is 1.86. The van der Waals surface area contributed by atoms with Crippen molar-refractivity contribution >= 4 is 5.91 Å². The smallest absolute Gasteiger partial charge is 0.245 e. The molecule has 0 aliphatic carbocycles. The first-order valence-corrected chi connectivity index (χ1v) is 2.53. The summed E-state index contributed by atoms with van der Waals surface area (Å²) in [4.78, 5) is 10.4. The van der Waals surface area contributed by atoms with Gasteiger partial charge in [0, 0.05) is 24.7 Å². The standard InChI is InChI=1S/C5H8N2O/c6-4-1-2-7-5(8)3-4/h3H,1-2,6H2,(H,7,8). The van der Waals surface area contributed by atoms with E-state index < -0.39 is 0 Å². The van der Waals surface area contributed by atoms with Gasteiger partial charge in [-0.25, -0.2) is 0 Å². The Morgan fingerprint density at radius 1 is 1.75 bits per heavy atom. The van der Waals surface area contributed by atoms with Gasteiger partial charge >= 0.3 is 0 Å². The predicted molar refractivity (Wildman–Crippen MR) is 29.9 cm³/mol. The largest absolute Gasteiger partial charge is 0.402 e. The third-order valence-corrected chi connectivity index (χ3v) is 1.03. The molecule has 44 valence electrons. The minimum absolute atomic E-state index is 0.0752. The minimum atomic E-state index is -0.0752. The molecule has 1 aliphatic heterocycles. The molecule has 1 amide bonds. The maximum absolute atomic E-state index is 10.4. The molecule has 1 aliphatic rings. The Bertz CT molecular complexity index is 139. The van der Waals surface area contributed by atoms with E-state index in [-0.39, 0.29) is 5.91 Å². The lowest BCUT2D eigenvalue weighted by molar-refractivity contribution is -0.116. The van der Waals surface area contributed by atoms with E-state index in [0.29, 0.717) is 12.2 Å². The Balaban J connectivity index is 2.64. The molecule has 0 spiro atoms. The maximum atomic E-state index is 10.4. The number of hydrogen-bond acceptors (Lipinski definition) is 2. The lowest BCUT2D eigenvalue weighted by Crippen LogP contribution is -2.28. The van der Waals surface area contributed by atoms with E-state index in [1.54, 1.807) is 0 Å². The molecule has 0 aromatic rings. The molecule has 1 heterocycles. The third-order valence-electron chi connectivity index (χ3n) is 1.03. The third kappa shape index (κ3) is 0.992. The monoisotopic (exact) mass is 112 g/mol. The summed E-state index contributed by atoms with van der Waals surface area (Å²) in [5.74, 6) is -0.0752. The van der Waals surface area contributed by atoms with Crippen molar-refractivity contribution in [2.45, 2.75) is 6.42 Å². The van der Waals surface area contributed by atoms with Gasteiger partial charge in [0.05, 0.1) is 0 Å². The molecule has 0 unspecified atom stereocenters. The highest BCUT2D eigenvalue weighted by Crippen LogP contribution is 1.94. The van der Waals surface area contributed by atoms with Gasteiger partial charge < -0.3 is 11.1 Å². The van der Waals surface area contributed by atoms with Crippen molar-refractivity contribution in [2.24, 2.45) is 5.73 Å². The number of hydrogen-bond donors (Lipinski definition) is 2. The normalized spacial score (nSPS) is 19.5. The number of carbonyl (C=O) groups is 1. The van der Waals surface area contributed by atoms with Crippen LogP contribution in [0, 0.1) is 0 Å². The first kappa shape index (κ1) is 5.15. The quantitative estimate of drug-likeness (QED) is 0.437. The molecular weight excluding hydrogens is 104 g/mol. The van der Waals surface area contributed by atoms with Crippen LogP contribution < -0.4 is 11.1 Å². The van der Waals surface area contributed by atoms with Gasteiger partial charge in [0.15, 0.2) is 0 Å². The first-order chi connectivity index (χ1) is 3.79. The van der Waals surface area contributed by atoms with Crippen molar-refractivity contribution in [3.8, 4) is 0 Å². The Morgan fingerprint density at radius 2 is 2.50 bits per heavy atom. The van der Waals surface area contributed by atoms with Crippen molar-refractivity contribution < 1.29 is 4.79 Å². The fourth-order valence-corrected chi connectivity index (χ4v) is 0.622. The topological polar surface area (TPSA) is 55.1 Å². The molecule has 0 fully saturated rings. The van der Waals surface area contributed by atoms with E-state index in [1.807, 2.05) is 0 Å². The predicted octanol–water partition coefficient (Wildman–Crippen LogP) is -0.651. The van der Waals surface area contributed by atoms with E-state index >= 15 is 0 Å². The van der Waals surface area contributed by atoms with E-state index in [1.165, 1.54) is 6.08 Å². The number of rotatable bonds is 0. The van der Waals surface area contributed by atoms with Crippen LogP contribution in [0.25, 0.3) is 0 Å². The second-order valence-corrected chi connectivity index (χ2v) is 1.76. The summed E-state index contributed by atoms with van der Waals surface area (Å²) in [5, 5.41) is 2.62. The van der Waals surface area contributed by atoms with E-state index in [9.17, 15) is 4.79 Å². The molecule has 0 saturated carbocycles. The van der Waals surface area contributed by atoms with Gasteiger partial charge in [-0.15, -0.1) is 0 Å². The number of amides is 1. The molecule has 1 rings (SSSR count). The molecule has 0 radical (unpaired) electrons.